The lowest BCUT2D eigenvalue weighted by atomic mass is 10.1. The van der Waals surface area contributed by atoms with Crippen LogP contribution >= 0.6 is 15.9 Å². The van der Waals surface area contributed by atoms with Crippen molar-refractivity contribution in [3.63, 3.8) is 0 Å². The zero-order chi connectivity index (χ0) is 7.84. The Morgan fingerprint density at radius 2 is 2.27 bits per heavy atom. The Morgan fingerprint density at radius 1 is 1.45 bits per heavy atom. The van der Waals surface area contributed by atoms with Crippen LogP contribution < -0.4 is 4.74 Å². The summed E-state index contributed by atoms with van der Waals surface area (Å²) < 4.78 is 6.58. The van der Waals surface area contributed by atoms with Crippen molar-refractivity contribution in [1.82, 2.24) is 0 Å². The number of aryl methyl sites for hydroxylation is 1. The van der Waals surface area contributed by atoms with Gasteiger partial charge in [0.1, 0.15) is 5.75 Å². The quantitative estimate of drug-likeness (QED) is 0.643. The van der Waals surface area contributed by atoms with Crippen molar-refractivity contribution >= 4 is 15.9 Å². The zero-order valence-corrected chi connectivity index (χ0v) is 7.94. The lowest BCUT2D eigenvalue weighted by Crippen LogP contribution is -1.87. The van der Waals surface area contributed by atoms with Gasteiger partial charge < -0.3 is 4.74 Å². The highest BCUT2D eigenvalue weighted by atomic mass is 79.9. The number of fused-ring (bicyclic) bond motifs is 1. The van der Waals surface area contributed by atoms with Gasteiger partial charge in [-0.25, -0.2) is 0 Å². The lowest BCUT2D eigenvalue weighted by molar-refractivity contribution is 0.354. The molecule has 0 radical (unpaired) electrons. The Morgan fingerprint density at radius 3 is 3.09 bits per heavy atom. The molecule has 1 heterocycles. The van der Waals surface area contributed by atoms with E-state index in [0.29, 0.717) is 0 Å². The number of benzene rings is 1. The maximum absolute atomic E-state index is 5.46. The standard InChI is InChI=1S/C9H9BrO/c1-6-2-3-7-4-5-11-9(7)8(6)10/h2-3H,4-5H2,1H3. The van der Waals surface area contributed by atoms with Gasteiger partial charge in [-0.05, 0) is 34.0 Å². The monoisotopic (exact) mass is 212 g/mol. The van der Waals surface area contributed by atoms with Crippen molar-refractivity contribution in [3.8, 4) is 5.75 Å². The van der Waals surface area contributed by atoms with Gasteiger partial charge in [0.2, 0.25) is 0 Å². The molecule has 0 aliphatic carbocycles. The second-order valence-electron chi connectivity index (χ2n) is 2.78. The molecule has 2 rings (SSSR count). The van der Waals surface area contributed by atoms with Crippen molar-refractivity contribution in [2.75, 3.05) is 6.61 Å². The molecule has 0 amide bonds. The van der Waals surface area contributed by atoms with E-state index in [1.54, 1.807) is 0 Å². The SMILES string of the molecule is Cc1ccc2c(c1Br)OCC2. The molecule has 58 valence electrons. The maximum atomic E-state index is 5.46. The number of hydrogen-bond acceptors (Lipinski definition) is 1. The third kappa shape index (κ3) is 1.06. The van der Waals surface area contributed by atoms with E-state index >= 15 is 0 Å². The van der Waals surface area contributed by atoms with E-state index in [1.165, 1.54) is 11.1 Å². The van der Waals surface area contributed by atoms with Gasteiger partial charge in [0, 0.05) is 6.42 Å². The fourth-order valence-corrected chi connectivity index (χ4v) is 1.81. The summed E-state index contributed by atoms with van der Waals surface area (Å²) in [7, 11) is 0. The van der Waals surface area contributed by atoms with E-state index in [9.17, 15) is 0 Å². The predicted octanol–water partition coefficient (Wildman–Crippen LogP) is 2.69. The van der Waals surface area contributed by atoms with E-state index in [0.717, 1.165) is 23.2 Å². The Kier molecular flexibility index (Phi) is 1.64. The zero-order valence-electron chi connectivity index (χ0n) is 6.36. The molecule has 2 heteroatoms. The third-order valence-electron chi connectivity index (χ3n) is 1.99. The minimum absolute atomic E-state index is 0.831. The van der Waals surface area contributed by atoms with Gasteiger partial charge >= 0.3 is 0 Å². The van der Waals surface area contributed by atoms with Crippen LogP contribution in [0.3, 0.4) is 0 Å². The Hall–Kier alpha value is -0.500. The Labute approximate surface area is 74.5 Å². The lowest BCUT2D eigenvalue weighted by Gasteiger charge is -2.03. The highest BCUT2D eigenvalue weighted by molar-refractivity contribution is 9.10. The molecular formula is C9H9BrO. The van der Waals surface area contributed by atoms with Crippen molar-refractivity contribution in [1.29, 1.82) is 0 Å². The smallest absolute Gasteiger partial charge is 0.137 e. The summed E-state index contributed by atoms with van der Waals surface area (Å²) in [6.45, 7) is 2.91. The minimum atomic E-state index is 0.831. The van der Waals surface area contributed by atoms with Crippen LogP contribution in [0, 0.1) is 6.92 Å². The first kappa shape index (κ1) is 7.17. The average Bonchev–Trinajstić information content (AvgIpc) is 2.45. The summed E-state index contributed by atoms with van der Waals surface area (Å²) in [5, 5.41) is 0. The summed E-state index contributed by atoms with van der Waals surface area (Å²) in [6.07, 6.45) is 1.05. The number of halogens is 1. The van der Waals surface area contributed by atoms with Crippen LogP contribution in [0.5, 0.6) is 5.75 Å². The summed E-state index contributed by atoms with van der Waals surface area (Å²) in [5.74, 6) is 1.05. The highest BCUT2D eigenvalue weighted by Gasteiger charge is 2.15. The van der Waals surface area contributed by atoms with E-state index in [-0.39, 0.29) is 0 Å². The van der Waals surface area contributed by atoms with Crippen molar-refractivity contribution in [2.45, 2.75) is 13.3 Å². The molecule has 11 heavy (non-hydrogen) atoms. The highest BCUT2D eigenvalue weighted by Crippen LogP contribution is 2.35. The van der Waals surface area contributed by atoms with E-state index < -0.39 is 0 Å². The van der Waals surface area contributed by atoms with Gasteiger partial charge in [0.05, 0.1) is 11.1 Å². The van der Waals surface area contributed by atoms with Gasteiger partial charge in [-0.1, -0.05) is 12.1 Å². The second kappa shape index (κ2) is 2.52. The van der Waals surface area contributed by atoms with Crippen LogP contribution in [0.25, 0.3) is 0 Å². The predicted molar refractivity (Wildman–Crippen MR) is 48.1 cm³/mol. The first-order chi connectivity index (χ1) is 5.29. The fourth-order valence-electron chi connectivity index (χ4n) is 1.31. The first-order valence-corrected chi connectivity index (χ1v) is 4.49. The third-order valence-corrected chi connectivity index (χ3v) is 2.98. The summed E-state index contributed by atoms with van der Waals surface area (Å²) in [6, 6.07) is 4.26. The molecule has 0 atom stereocenters. The number of rotatable bonds is 0. The number of ether oxygens (including phenoxy) is 1. The maximum Gasteiger partial charge on any atom is 0.137 e. The summed E-state index contributed by atoms with van der Waals surface area (Å²) in [4.78, 5) is 0. The molecular weight excluding hydrogens is 204 g/mol. The largest absolute Gasteiger partial charge is 0.492 e. The van der Waals surface area contributed by atoms with Crippen molar-refractivity contribution in [3.05, 3.63) is 27.7 Å². The topological polar surface area (TPSA) is 9.23 Å². The summed E-state index contributed by atoms with van der Waals surface area (Å²) >= 11 is 3.51. The molecule has 0 saturated heterocycles. The van der Waals surface area contributed by atoms with Crippen molar-refractivity contribution in [2.24, 2.45) is 0 Å². The average molecular weight is 213 g/mol. The van der Waals surface area contributed by atoms with Crippen LogP contribution in [0.2, 0.25) is 0 Å². The molecule has 0 saturated carbocycles. The molecule has 1 nitrogen and oxygen atoms in total. The van der Waals surface area contributed by atoms with Gasteiger partial charge in [-0.2, -0.15) is 0 Å². The van der Waals surface area contributed by atoms with Crippen molar-refractivity contribution < 1.29 is 4.74 Å². The summed E-state index contributed by atoms with van der Waals surface area (Å²) in [5.41, 5.74) is 2.56. The van der Waals surface area contributed by atoms with Gasteiger partial charge in [-0.15, -0.1) is 0 Å². The van der Waals surface area contributed by atoms with E-state index in [4.69, 9.17) is 4.74 Å². The van der Waals surface area contributed by atoms with Crippen LogP contribution in [-0.2, 0) is 6.42 Å². The fraction of sp³-hybridized carbons (Fsp3) is 0.333. The number of hydrogen-bond donors (Lipinski definition) is 0. The molecule has 1 aliphatic rings. The van der Waals surface area contributed by atoms with E-state index in [1.807, 2.05) is 0 Å². The van der Waals surface area contributed by atoms with Gasteiger partial charge in [0.25, 0.3) is 0 Å². The second-order valence-corrected chi connectivity index (χ2v) is 3.58. The molecule has 0 aromatic heterocycles. The molecule has 0 fully saturated rings. The van der Waals surface area contributed by atoms with Gasteiger partial charge in [0.15, 0.2) is 0 Å². The molecule has 0 N–H and O–H groups in total. The molecule has 1 aliphatic heterocycles. The van der Waals surface area contributed by atoms with Crippen LogP contribution in [0.4, 0.5) is 0 Å². The normalized spacial score (nSPS) is 14.4. The molecule has 0 spiro atoms. The van der Waals surface area contributed by atoms with Gasteiger partial charge in [-0.3, -0.25) is 0 Å². The van der Waals surface area contributed by atoms with E-state index in [2.05, 4.69) is 35.0 Å². The van der Waals surface area contributed by atoms with Crippen LogP contribution in [0.1, 0.15) is 11.1 Å². The molecule has 0 unspecified atom stereocenters. The Balaban J connectivity index is 2.62. The molecule has 0 bridgehead atoms. The Bertz CT molecular complexity index is 294. The first-order valence-electron chi connectivity index (χ1n) is 3.70. The van der Waals surface area contributed by atoms with Crippen LogP contribution in [0.15, 0.2) is 16.6 Å². The molecule has 1 aromatic rings. The molecule has 1 aromatic carbocycles. The minimum Gasteiger partial charge on any atom is -0.492 e. The van der Waals surface area contributed by atoms with Crippen LogP contribution in [-0.4, -0.2) is 6.61 Å².